The first-order valence-corrected chi connectivity index (χ1v) is 6.01. The molecule has 0 saturated carbocycles. The molecule has 102 valence electrons. The van der Waals surface area contributed by atoms with Crippen LogP contribution >= 0.6 is 0 Å². The van der Waals surface area contributed by atoms with E-state index in [4.69, 9.17) is 4.74 Å². The zero-order valence-corrected chi connectivity index (χ0v) is 11.1. The Morgan fingerprint density at radius 2 is 2.28 bits per heavy atom. The zero-order valence-electron chi connectivity index (χ0n) is 11.1. The number of ether oxygens (including phenoxy) is 1. The van der Waals surface area contributed by atoms with Crippen LogP contribution < -0.4 is 5.32 Å². The van der Waals surface area contributed by atoms with Crippen LogP contribution in [0.2, 0.25) is 0 Å². The summed E-state index contributed by atoms with van der Waals surface area (Å²) in [5.41, 5.74) is -0.0800. The van der Waals surface area contributed by atoms with Crippen molar-refractivity contribution in [3.05, 3.63) is 29.8 Å². The Kier molecular flexibility index (Phi) is 5.65. The summed E-state index contributed by atoms with van der Waals surface area (Å²) in [6.45, 7) is 4.62. The minimum Gasteiger partial charge on any atom is -0.389 e. The molecule has 18 heavy (non-hydrogen) atoms. The summed E-state index contributed by atoms with van der Waals surface area (Å²) in [6, 6.07) is 2.97. The molecule has 1 aromatic heterocycles. The summed E-state index contributed by atoms with van der Waals surface area (Å²) in [5, 5.41) is 13.2. The first-order chi connectivity index (χ1) is 8.44. The SMILES string of the molecule is COCCC(C)(O)CNC(C)c1ccc(F)cn1. The van der Waals surface area contributed by atoms with Gasteiger partial charge in [0.25, 0.3) is 0 Å². The van der Waals surface area contributed by atoms with Gasteiger partial charge in [0, 0.05) is 32.7 Å². The highest BCUT2D eigenvalue weighted by Gasteiger charge is 2.21. The van der Waals surface area contributed by atoms with Crippen molar-refractivity contribution in [3.8, 4) is 0 Å². The van der Waals surface area contributed by atoms with Crippen LogP contribution in [0.4, 0.5) is 4.39 Å². The quantitative estimate of drug-likeness (QED) is 0.779. The van der Waals surface area contributed by atoms with Crippen molar-refractivity contribution in [2.24, 2.45) is 0 Å². The number of halogens is 1. The van der Waals surface area contributed by atoms with E-state index in [2.05, 4.69) is 10.3 Å². The lowest BCUT2D eigenvalue weighted by molar-refractivity contribution is 0.0230. The van der Waals surface area contributed by atoms with Crippen molar-refractivity contribution in [1.29, 1.82) is 0 Å². The molecule has 2 unspecified atom stereocenters. The molecular formula is C13H21FN2O2. The lowest BCUT2D eigenvalue weighted by atomic mass is 10.0. The maximum absolute atomic E-state index is 12.7. The maximum atomic E-state index is 12.7. The molecule has 0 amide bonds. The summed E-state index contributed by atoms with van der Waals surface area (Å²) in [7, 11) is 1.61. The molecule has 1 rings (SSSR count). The summed E-state index contributed by atoms with van der Waals surface area (Å²) in [6.07, 6.45) is 1.75. The van der Waals surface area contributed by atoms with Crippen LogP contribution in [0.15, 0.2) is 18.3 Å². The van der Waals surface area contributed by atoms with Crippen LogP contribution in [0.25, 0.3) is 0 Å². The second-order valence-electron chi connectivity index (χ2n) is 4.74. The van der Waals surface area contributed by atoms with Gasteiger partial charge in [-0.2, -0.15) is 0 Å². The van der Waals surface area contributed by atoms with Crippen molar-refractivity contribution >= 4 is 0 Å². The van der Waals surface area contributed by atoms with Crippen LogP contribution in [0.1, 0.15) is 32.0 Å². The Bertz CT molecular complexity index is 355. The first kappa shape index (κ1) is 15.0. The monoisotopic (exact) mass is 256 g/mol. The molecule has 0 saturated heterocycles. The van der Waals surface area contributed by atoms with Gasteiger partial charge < -0.3 is 15.2 Å². The number of nitrogens with one attached hydrogen (secondary N) is 1. The molecule has 2 N–H and O–H groups in total. The molecule has 0 bridgehead atoms. The lowest BCUT2D eigenvalue weighted by Crippen LogP contribution is -2.39. The number of aliphatic hydroxyl groups is 1. The molecular weight excluding hydrogens is 235 g/mol. The van der Waals surface area contributed by atoms with Gasteiger partial charge in [-0.15, -0.1) is 0 Å². The van der Waals surface area contributed by atoms with E-state index in [1.807, 2.05) is 6.92 Å². The van der Waals surface area contributed by atoms with Crippen LogP contribution in [0, 0.1) is 5.82 Å². The molecule has 0 radical (unpaired) electrons. The molecule has 1 heterocycles. The van der Waals surface area contributed by atoms with Crippen LogP contribution in [0.3, 0.4) is 0 Å². The smallest absolute Gasteiger partial charge is 0.141 e. The predicted molar refractivity (Wildman–Crippen MR) is 67.7 cm³/mol. The highest BCUT2D eigenvalue weighted by molar-refractivity contribution is 5.09. The largest absolute Gasteiger partial charge is 0.389 e. The van der Waals surface area contributed by atoms with E-state index in [1.54, 1.807) is 20.1 Å². The van der Waals surface area contributed by atoms with Crippen molar-refractivity contribution in [1.82, 2.24) is 10.3 Å². The third kappa shape index (κ3) is 5.08. The number of aromatic nitrogens is 1. The number of pyridine rings is 1. The topological polar surface area (TPSA) is 54.4 Å². The van der Waals surface area contributed by atoms with Crippen molar-refractivity contribution in [2.45, 2.75) is 31.9 Å². The van der Waals surface area contributed by atoms with E-state index < -0.39 is 5.60 Å². The second kappa shape index (κ2) is 6.78. The number of nitrogens with zero attached hydrogens (tertiary/aromatic N) is 1. The zero-order chi connectivity index (χ0) is 13.6. The molecule has 0 aliphatic heterocycles. The van der Waals surface area contributed by atoms with E-state index in [1.165, 1.54) is 12.3 Å². The molecule has 0 aromatic carbocycles. The van der Waals surface area contributed by atoms with Gasteiger partial charge in [0.2, 0.25) is 0 Å². The van der Waals surface area contributed by atoms with Gasteiger partial charge in [0.15, 0.2) is 0 Å². The molecule has 4 nitrogen and oxygen atoms in total. The average molecular weight is 256 g/mol. The summed E-state index contributed by atoms with van der Waals surface area (Å²) in [4.78, 5) is 4.00. The molecule has 0 aliphatic carbocycles. The molecule has 0 fully saturated rings. The van der Waals surface area contributed by atoms with E-state index in [0.29, 0.717) is 19.6 Å². The highest BCUT2D eigenvalue weighted by Crippen LogP contribution is 2.13. The Morgan fingerprint density at radius 3 is 2.83 bits per heavy atom. The van der Waals surface area contributed by atoms with Crippen molar-refractivity contribution in [3.63, 3.8) is 0 Å². The number of hydrogen-bond acceptors (Lipinski definition) is 4. The van der Waals surface area contributed by atoms with Crippen molar-refractivity contribution < 1.29 is 14.2 Å². The predicted octanol–water partition coefficient (Wildman–Crippen LogP) is 1.66. The van der Waals surface area contributed by atoms with Gasteiger partial charge in [0.05, 0.1) is 17.5 Å². The fourth-order valence-corrected chi connectivity index (χ4v) is 1.53. The second-order valence-corrected chi connectivity index (χ2v) is 4.74. The Morgan fingerprint density at radius 1 is 1.56 bits per heavy atom. The van der Waals surface area contributed by atoms with Gasteiger partial charge in [-0.05, 0) is 26.0 Å². The van der Waals surface area contributed by atoms with Gasteiger partial charge in [-0.3, -0.25) is 4.98 Å². The number of hydrogen-bond donors (Lipinski definition) is 2. The highest BCUT2D eigenvalue weighted by atomic mass is 19.1. The fourth-order valence-electron chi connectivity index (χ4n) is 1.53. The minimum atomic E-state index is -0.829. The van der Waals surface area contributed by atoms with Gasteiger partial charge in [-0.25, -0.2) is 4.39 Å². The van der Waals surface area contributed by atoms with E-state index >= 15 is 0 Å². The first-order valence-electron chi connectivity index (χ1n) is 6.01. The van der Waals surface area contributed by atoms with Crippen LogP contribution in [0.5, 0.6) is 0 Å². The molecule has 0 spiro atoms. The third-order valence-corrected chi connectivity index (χ3v) is 2.83. The Hall–Kier alpha value is -1.04. The minimum absolute atomic E-state index is 0.0420. The van der Waals surface area contributed by atoms with Gasteiger partial charge in [0.1, 0.15) is 5.82 Å². The summed E-state index contributed by atoms with van der Waals surface area (Å²) in [5.74, 6) is -0.349. The number of methoxy groups -OCH3 is 1. The normalized spacial score (nSPS) is 16.3. The van der Waals surface area contributed by atoms with Crippen LogP contribution in [-0.2, 0) is 4.74 Å². The van der Waals surface area contributed by atoms with Crippen LogP contribution in [-0.4, -0.2) is 36.0 Å². The molecule has 2 atom stereocenters. The number of rotatable bonds is 7. The molecule has 5 heteroatoms. The Balaban J connectivity index is 2.45. The third-order valence-electron chi connectivity index (χ3n) is 2.83. The van der Waals surface area contributed by atoms with Gasteiger partial charge in [-0.1, -0.05) is 0 Å². The van der Waals surface area contributed by atoms with Crippen molar-refractivity contribution in [2.75, 3.05) is 20.3 Å². The maximum Gasteiger partial charge on any atom is 0.141 e. The fraction of sp³-hybridized carbons (Fsp3) is 0.615. The Labute approximate surface area is 107 Å². The van der Waals surface area contributed by atoms with E-state index in [-0.39, 0.29) is 11.9 Å². The average Bonchev–Trinajstić information content (AvgIpc) is 2.35. The standard InChI is InChI=1S/C13H21FN2O2/c1-10(12-5-4-11(14)8-15-12)16-9-13(2,17)6-7-18-3/h4-5,8,10,16-17H,6-7,9H2,1-3H3. The molecule has 0 aliphatic rings. The van der Waals surface area contributed by atoms with Gasteiger partial charge >= 0.3 is 0 Å². The summed E-state index contributed by atoms with van der Waals surface area (Å²) >= 11 is 0. The van der Waals surface area contributed by atoms with E-state index in [9.17, 15) is 9.50 Å². The summed E-state index contributed by atoms with van der Waals surface area (Å²) < 4.78 is 17.7. The lowest BCUT2D eigenvalue weighted by Gasteiger charge is -2.25. The van der Waals surface area contributed by atoms with E-state index in [0.717, 1.165) is 5.69 Å². The molecule has 1 aromatic rings.